The van der Waals surface area contributed by atoms with Gasteiger partial charge in [0.25, 0.3) is 11.7 Å². The van der Waals surface area contributed by atoms with E-state index < -0.39 is 23.7 Å². The SMILES string of the molecule is COc1ccc(/C(O)=C2/C(=O)C(=O)N(CCCC(=O)O)C2c2cccnc2)cc1. The van der Waals surface area contributed by atoms with Gasteiger partial charge in [-0.1, -0.05) is 6.07 Å². The van der Waals surface area contributed by atoms with E-state index in [1.54, 1.807) is 42.6 Å². The Kier molecular flexibility index (Phi) is 5.92. The lowest BCUT2D eigenvalue weighted by Gasteiger charge is -2.24. The molecular weight excluding hydrogens is 376 g/mol. The molecule has 1 aliphatic rings. The van der Waals surface area contributed by atoms with Crippen LogP contribution >= 0.6 is 0 Å². The predicted octanol–water partition coefficient (Wildman–Crippen LogP) is 2.38. The number of carbonyl (C=O) groups is 3. The Balaban J connectivity index is 2.06. The van der Waals surface area contributed by atoms with Crippen LogP contribution in [-0.2, 0) is 14.4 Å². The number of aromatic nitrogens is 1. The van der Waals surface area contributed by atoms with Crippen LogP contribution < -0.4 is 4.74 Å². The van der Waals surface area contributed by atoms with Crippen molar-refractivity contribution in [2.45, 2.75) is 18.9 Å². The second-order valence-corrected chi connectivity index (χ2v) is 6.50. The van der Waals surface area contributed by atoms with Crippen molar-refractivity contribution in [3.05, 3.63) is 65.5 Å². The Morgan fingerprint density at radius 2 is 1.90 bits per heavy atom. The highest BCUT2D eigenvalue weighted by Gasteiger charge is 2.45. The number of methoxy groups -OCH3 is 1. The zero-order chi connectivity index (χ0) is 21.0. The van der Waals surface area contributed by atoms with Crippen LogP contribution in [0.4, 0.5) is 0 Å². The summed E-state index contributed by atoms with van der Waals surface area (Å²) in [5.41, 5.74) is 0.865. The van der Waals surface area contributed by atoms with Gasteiger partial charge in [0.2, 0.25) is 0 Å². The fourth-order valence-corrected chi connectivity index (χ4v) is 3.30. The lowest BCUT2D eigenvalue weighted by molar-refractivity contribution is -0.140. The van der Waals surface area contributed by atoms with Gasteiger partial charge in [-0.25, -0.2) is 0 Å². The number of rotatable bonds is 7. The van der Waals surface area contributed by atoms with E-state index in [1.807, 2.05) is 0 Å². The van der Waals surface area contributed by atoms with Crippen molar-refractivity contribution in [1.82, 2.24) is 9.88 Å². The largest absolute Gasteiger partial charge is 0.507 e. The molecule has 1 atom stereocenters. The number of hydrogen-bond acceptors (Lipinski definition) is 6. The molecule has 0 saturated carbocycles. The van der Waals surface area contributed by atoms with Crippen LogP contribution in [0.1, 0.15) is 30.0 Å². The summed E-state index contributed by atoms with van der Waals surface area (Å²) >= 11 is 0. The lowest BCUT2D eigenvalue weighted by Crippen LogP contribution is -2.31. The van der Waals surface area contributed by atoms with Crippen LogP contribution in [0.5, 0.6) is 5.75 Å². The van der Waals surface area contributed by atoms with Crippen molar-refractivity contribution in [3.63, 3.8) is 0 Å². The maximum Gasteiger partial charge on any atom is 0.303 e. The number of ether oxygens (including phenoxy) is 1. The summed E-state index contributed by atoms with van der Waals surface area (Å²) in [7, 11) is 1.51. The molecule has 1 amide bonds. The zero-order valence-electron chi connectivity index (χ0n) is 15.7. The molecule has 8 nitrogen and oxygen atoms in total. The van der Waals surface area contributed by atoms with E-state index >= 15 is 0 Å². The molecule has 2 N–H and O–H groups in total. The van der Waals surface area contributed by atoms with Crippen molar-refractivity contribution >= 4 is 23.4 Å². The average molecular weight is 396 g/mol. The molecule has 2 heterocycles. The Labute approximate surface area is 167 Å². The first-order valence-corrected chi connectivity index (χ1v) is 8.98. The highest BCUT2D eigenvalue weighted by Crippen LogP contribution is 2.39. The molecule has 150 valence electrons. The summed E-state index contributed by atoms with van der Waals surface area (Å²) in [6, 6.07) is 8.97. The normalized spacial score (nSPS) is 18.1. The number of aliphatic hydroxyl groups is 1. The minimum absolute atomic E-state index is 0.0523. The van der Waals surface area contributed by atoms with Crippen LogP contribution in [0.2, 0.25) is 0 Å². The lowest BCUT2D eigenvalue weighted by atomic mass is 9.96. The number of pyridine rings is 1. The third kappa shape index (κ3) is 4.11. The van der Waals surface area contributed by atoms with Crippen molar-refractivity contribution in [2.24, 2.45) is 0 Å². The quantitative estimate of drug-likeness (QED) is 0.419. The fourth-order valence-electron chi connectivity index (χ4n) is 3.30. The molecule has 0 aliphatic carbocycles. The monoisotopic (exact) mass is 396 g/mol. The number of hydrogen-bond donors (Lipinski definition) is 2. The summed E-state index contributed by atoms with van der Waals surface area (Å²) in [5, 5.41) is 19.7. The van der Waals surface area contributed by atoms with Gasteiger partial charge in [-0.2, -0.15) is 0 Å². The number of benzene rings is 1. The van der Waals surface area contributed by atoms with Gasteiger partial charge in [-0.3, -0.25) is 19.4 Å². The third-order valence-corrected chi connectivity index (χ3v) is 4.69. The molecule has 8 heteroatoms. The second-order valence-electron chi connectivity index (χ2n) is 6.50. The first kappa shape index (κ1) is 20.1. The van der Waals surface area contributed by atoms with E-state index in [9.17, 15) is 19.5 Å². The van der Waals surface area contributed by atoms with Crippen molar-refractivity contribution in [3.8, 4) is 5.75 Å². The van der Waals surface area contributed by atoms with Gasteiger partial charge < -0.3 is 19.8 Å². The molecule has 0 bridgehead atoms. The molecule has 0 radical (unpaired) electrons. The molecule has 1 unspecified atom stereocenters. The zero-order valence-corrected chi connectivity index (χ0v) is 15.7. The molecule has 29 heavy (non-hydrogen) atoms. The van der Waals surface area contributed by atoms with Crippen LogP contribution in [0.25, 0.3) is 5.76 Å². The molecule has 0 spiro atoms. The van der Waals surface area contributed by atoms with Gasteiger partial charge in [0.05, 0.1) is 18.7 Å². The average Bonchev–Trinajstić information content (AvgIpc) is 2.98. The number of aliphatic carboxylic acids is 1. The second kappa shape index (κ2) is 8.55. The number of carbonyl (C=O) groups excluding carboxylic acids is 2. The number of likely N-dealkylation sites (tertiary alicyclic amines) is 1. The number of carboxylic acids is 1. The highest BCUT2D eigenvalue weighted by molar-refractivity contribution is 6.46. The first-order valence-electron chi connectivity index (χ1n) is 8.98. The third-order valence-electron chi connectivity index (χ3n) is 4.69. The van der Waals surface area contributed by atoms with E-state index in [4.69, 9.17) is 9.84 Å². The minimum Gasteiger partial charge on any atom is -0.507 e. The molecule has 1 aromatic carbocycles. The molecule has 2 aromatic rings. The minimum atomic E-state index is -0.988. The van der Waals surface area contributed by atoms with E-state index in [0.29, 0.717) is 16.9 Å². The topological polar surface area (TPSA) is 117 Å². The van der Waals surface area contributed by atoms with E-state index in [-0.39, 0.29) is 30.7 Å². The van der Waals surface area contributed by atoms with Gasteiger partial charge in [-0.15, -0.1) is 0 Å². The van der Waals surface area contributed by atoms with Gasteiger partial charge in [0.15, 0.2) is 0 Å². The van der Waals surface area contributed by atoms with Gasteiger partial charge in [0.1, 0.15) is 11.5 Å². The summed E-state index contributed by atoms with van der Waals surface area (Å²) < 4.78 is 5.10. The van der Waals surface area contributed by atoms with Crippen molar-refractivity contribution < 1.29 is 29.3 Å². The maximum atomic E-state index is 12.8. The predicted molar refractivity (Wildman–Crippen MR) is 103 cm³/mol. The smallest absolute Gasteiger partial charge is 0.303 e. The fraction of sp³-hybridized carbons (Fsp3) is 0.238. The number of nitrogens with zero attached hydrogens (tertiary/aromatic N) is 2. The Hall–Kier alpha value is -3.68. The van der Waals surface area contributed by atoms with Crippen LogP contribution in [0.15, 0.2) is 54.4 Å². The summed E-state index contributed by atoms with van der Waals surface area (Å²) in [5.74, 6) is -2.31. The Morgan fingerprint density at radius 3 is 2.48 bits per heavy atom. The van der Waals surface area contributed by atoms with Gasteiger partial charge >= 0.3 is 5.97 Å². The van der Waals surface area contributed by atoms with Crippen LogP contribution in [-0.4, -0.2) is 51.4 Å². The Morgan fingerprint density at radius 1 is 1.17 bits per heavy atom. The molecule has 1 aromatic heterocycles. The van der Waals surface area contributed by atoms with Crippen LogP contribution in [0.3, 0.4) is 0 Å². The first-order chi connectivity index (χ1) is 13.9. The molecule has 1 saturated heterocycles. The molecular formula is C21H20N2O6. The standard InChI is InChI=1S/C21H20N2O6/c1-29-15-8-6-13(7-9-15)19(26)17-18(14-4-2-10-22-12-14)23(21(28)20(17)27)11-3-5-16(24)25/h2,4,6-10,12,18,26H,3,5,11H2,1H3,(H,24,25)/b19-17-. The molecule has 1 aliphatic heterocycles. The number of Topliss-reactive ketones (excluding diaryl/α,β-unsaturated/α-hetero) is 1. The van der Waals surface area contributed by atoms with E-state index in [0.717, 1.165) is 0 Å². The van der Waals surface area contributed by atoms with Gasteiger partial charge in [-0.05, 0) is 42.3 Å². The van der Waals surface area contributed by atoms with Gasteiger partial charge in [0, 0.05) is 30.9 Å². The van der Waals surface area contributed by atoms with E-state index in [2.05, 4.69) is 4.98 Å². The van der Waals surface area contributed by atoms with Crippen molar-refractivity contribution in [2.75, 3.05) is 13.7 Å². The number of ketones is 1. The number of aliphatic hydroxyl groups excluding tert-OH is 1. The van der Waals surface area contributed by atoms with E-state index in [1.165, 1.54) is 18.2 Å². The Bertz CT molecular complexity index is 953. The number of carboxylic acid groups (broad SMARTS) is 1. The summed E-state index contributed by atoms with van der Waals surface area (Å²) in [6.45, 7) is 0.0653. The molecule has 1 fully saturated rings. The summed E-state index contributed by atoms with van der Waals surface area (Å²) in [6.07, 6.45) is 3.12. The maximum absolute atomic E-state index is 12.8. The summed E-state index contributed by atoms with van der Waals surface area (Å²) in [4.78, 5) is 41.6. The van der Waals surface area contributed by atoms with Crippen LogP contribution in [0, 0.1) is 0 Å². The molecule has 3 rings (SSSR count). The van der Waals surface area contributed by atoms with Crippen molar-refractivity contribution in [1.29, 1.82) is 0 Å². The highest BCUT2D eigenvalue weighted by atomic mass is 16.5. The number of amides is 1.